The second-order valence-electron chi connectivity index (χ2n) is 7.92. The van der Waals surface area contributed by atoms with Crippen molar-refractivity contribution >= 4 is 23.4 Å². The van der Waals surface area contributed by atoms with Crippen molar-refractivity contribution in [3.05, 3.63) is 30.4 Å². The molecule has 2 amide bonds. The Morgan fingerprint density at radius 3 is 2.46 bits per heavy atom. The Morgan fingerprint density at radius 1 is 1.12 bits per heavy atom. The molecule has 0 saturated heterocycles. The average molecular weight is 358 g/mol. The molecule has 0 spiro atoms. The molecule has 1 fully saturated rings. The third-order valence-corrected chi connectivity index (χ3v) is 4.72. The number of hydrogen-bond acceptors (Lipinski definition) is 4. The SMILES string of the molecule is COc1cc(NC(=O)[C@@H]2C[C@H]3C=C[C@H]2C3)ccc1NC(=O)OC(C)(C)C. The molecular weight excluding hydrogens is 332 g/mol. The standard InChI is InChI=1S/C20H26N2O4/c1-20(2,3)26-19(24)22-16-8-7-14(11-17(16)25-4)21-18(23)15-10-12-5-6-13(15)9-12/h5-8,11-13,15H,9-10H2,1-4H3,(H,21,23)(H,22,24)/t12-,13-,15+/m0/s1. The summed E-state index contributed by atoms with van der Waals surface area (Å²) in [5.74, 6) is 1.44. The maximum atomic E-state index is 12.5. The van der Waals surface area contributed by atoms with E-state index in [-0.39, 0.29) is 11.8 Å². The first-order valence-corrected chi connectivity index (χ1v) is 8.92. The number of carbonyl (C=O) groups excluding carboxylic acids is 2. The second-order valence-corrected chi connectivity index (χ2v) is 7.92. The van der Waals surface area contributed by atoms with Crippen LogP contribution >= 0.6 is 0 Å². The van der Waals surface area contributed by atoms with E-state index in [2.05, 4.69) is 22.8 Å². The molecule has 26 heavy (non-hydrogen) atoms. The Hall–Kier alpha value is -2.50. The molecule has 1 aromatic rings. The number of fused-ring (bicyclic) bond motifs is 2. The van der Waals surface area contributed by atoms with Crippen molar-refractivity contribution in [1.29, 1.82) is 0 Å². The molecule has 140 valence electrons. The summed E-state index contributed by atoms with van der Waals surface area (Å²) in [6.07, 6.45) is 5.82. The summed E-state index contributed by atoms with van der Waals surface area (Å²) in [7, 11) is 1.52. The van der Waals surface area contributed by atoms with Gasteiger partial charge in [0.15, 0.2) is 0 Å². The number of allylic oxidation sites excluding steroid dienone is 2. The van der Waals surface area contributed by atoms with Gasteiger partial charge in [-0.3, -0.25) is 10.1 Å². The Bertz CT molecular complexity index is 736. The third kappa shape index (κ3) is 4.18. The minimum atomic E-state index is -0.583. The number of carbonyl (C=O) groups is 2. The summed E-state index contributed by atoms with van der Waals surface area (Å²) >= 11 is 0. The van der Waals surface area contributed by atoms with Crippen molar-refractivity contribution in [2.75, 3.05) is 17.7 Å². The van der Waals surface area contributed by atoms with Gasteiger partial charge in [0, 0.05) is 17.7 Å². The Labute approximate surface area is 153 Å². The van der Waals surface area contributed by atoms with Crippen LogP contribution in [0.15, 0.2) is 30.4 Å². The van der Waals surface area contributed by atoms with E-state index in [1.807, 2.05) is 0 Å². The van der Waals surface area contributed by atoms with Crippen LogP contribution in [0.5, 0.6) is 5.75 Å². The summed E-state index contributed by atoms with van der Waals surface area (Å²) in [5.41, 5.74) is 0.552. The van der Waals surface area contributed by atoms with Gasteiger partial charge in [0.2, 0.25) is 5.91 Å². The number of anilines is 2. The van der Waals surface area contributed by atoms with E-state index in [9.17, 15) is 9.59 Å². The molecule has 1 saturated carbocycles. The van der Waals surface area contributed by atoms with Crippen LogP contribution < -0.4 is 15.4 Å². The van der Waals surface area contributed by atoms with Crippen LogP contribution in [0.4, 0.5) is 16.2 Å². The Morgan fingerprint density at radius 2 is 1.88 bits per heavy atom. The molecular formula is C20H26N2O4. The summed E-state index contributed by atoms with van der Waals surface area (Å²) in [6.45, 7) is 5.40. The fraction of sp³-hybridized carbons (Fsp3) is 0.500. The van der Waals surface area contributed by atoms with Gasteiger partial charge in [-0.15, -0.1) is 0 Å². The number of nitrogens with one attached hydrogen (secondary N) is 2. The zero-order chi connectivity index (χ0) is 18.9. The van der Waals surface area contributed by atoms with Gasteiger partial charge in [0.1, 0.15) is 11.4 Å². The first-order chi connectivity index (χ1) is 12.2. The Kier molecular flexibility index (Phi) is 4.94. The lowest BCUT2D eigenvalue weighted by Gasteiger charge is -2.21. The van der Waals surface area contributed by atoms with E-state index < -0.39 is 11.7 Å². The predicted octanol–water partition coefficient (Wildman–Crippen LogP) is 4.19. The molecule has 0 heterocycles. The highest BCUT2D eigenvalue weighted by Crippen LogP contribution is 2.44. The van der Waals surface area contributed by atoms with E-state index >= 15 is 0 Å². The van der Waals surface area contributed by atoms with Gasteiger partial charge in [0.25, 0.3) is 0 Å². The molecule has 2 aliphatic rings. The van der Waals surface area contributed by atoms with E-state index in [1.54, 1.807) is 39.0 Å². The molecule has 1 aromatic carbocycles. The molecule has 2 aliphatic carbocycles. The summed E-state index contributed by atoms with van der Waals surface area (Å²) < 4.78 is 10.6. The summed E-state index contributed by atoms with van der Waals surface area (Å²) in [5, 5.41) is 5.63. The molecule has 0 radical (unpaired) electrons. The molecule has 3 atom stereocenters. The predicted molar refractivity (Wildman–Crippen MR) is 100 cm³/mol. The zero-order valence-electron chi connectivity index (χ0n) is 15.7. The van der Waals surface area contributed by atoms with Crippen molar-refractivity contribution in [2.24, 2.45) is 17.8 Å². The first kappa shape index (κ1) is 18.3. The zero-order valence-corrected chi connectivity index (χ0v) is 15.7. The fourth-order valence-corrected chi connectivity index (χ4v) is 3.60. The molecule has 3 rings (SSSR count). The highest BCUT2D eigenvalue weighted by atomic mass is 16.6. The van der Waals surface area contributed by atoms with Gasteiger partial charge in [0.05, 0.1) is 12.8 Å². The van der Waals surface area contributed by atoms with Crippen molar-refractivity contribution in [3.8, 4) is 5.75 Å². The molecule has 6 heteroatoms. The van der Waals surface area contributed by atoms with Crippen LogP contribution in [0.25, 0.3) is 0 Å². The van der Waals surface area contributed by atoms with Crippen molar-refractivity contribution in [3.63, 3.8) is 0 Å². The minimum Gasteiger partial charge on any atom is -0.494 e. The lowest BCUT2D eigenvalue weighted by atomic mass is 9.93. The largest absolute Gasteiger partial charge is 0.494 e. The summed E-state index contributed by atoms with van der Waals surface area (Å²) in [6, 6.07) is 5.14. The number of methoxy groups -OCH3 is 1. The number of ether oxygens (including phenoxy) is 2. The number of benzene rings is 1. The van der Waals surface area contributed by atoms with Crippen LogP contribution in [0.2, 0.25) is 0 Å². The fourth-order valence-electron chi connectivity index (χ4n) is 3.60. The highest BCUT2D eigenvalue weighted by Gasteiger charge is 2.39. The number of amides is 2. The number of hydrogen-bond donors (Lipinski definition) is 2. The minimum absolute atomic E-state index is 0.0376. The number of rotatable bonds is 4. The lowest BCUT2D eigenvalue weighted by Crippen LogP contribution is -2.27. The molecule has 2 N–H and O–H groups in total. The van der Waals surface area contributed by atoms with Gasteiger partial charge in [-0.2, -0.15) is 0 Å². The lowest BCUT2D eigenvalue weighted by molar-refractivity contribution is -0.120. The maximum Gasteiger partial charge on any atom is 0.412 e. The smallest absolute Gasteiger partial charge is 0.412 e. The van der Waals surface area contributed by atoms with Crippen molar-refractivity contribution < 1.29 is 19.1 Å². The normalized spacial score (nSPS) is 23.6. The molecule has 0 unspecified atom stereocenters. The van der Waals surface area contributed by atoms with Gasteiger partial charge in [-0.05, 0) is 57.6 Å². The quantitative estimate of drug-likeness (QED) is 0.791. The second kappa shape index (κ2) is 7.02. The molecule has 0 aliphatic heterocycles. The topological polar surface area (TPSA) is 76.7 Å². The molecule has 2 bridgehead atoms. The van der Waals surface area contributed by atoms with Crippen LogP contribution in [-0.4, -0.2) is 24.7 Å². The van der Waals surface area contributed by atoms with Gasteiger partial charge < -0.3 is 14.8 Å². The van der Waals surface area contributed by atoms with Crippen molar-refractivity contribution in [1.82, 2.24) is 0 Å². The Balaban J connectivity index is 1.65. The van der Waals surface area contributed by atoms with E-state index in [1.165, 1.54) is 7.11 Å². The van der Waals surface area contributed by atoms with Crippen LogP contribution in [0.1, 0.15) is 33.6 Å². The van der Waals surface area contributed by atoms with Crippen molar-refractivity contribution in [2.45, 2.75) is 39.2 Å². The first-order valence-electron chi connectivity index (χ1n) is 8.92. The third-order valence-electron chi connectivity index (χ3n) is 4.72. The highest BCUT2D eigenvalue weighted by molar-refractivity contribution is 5.94. The molecule has 0 aromatic heterocycles. The van der Waals surface area contributed by atoms with E-state index in [0.717, 1.165) is 12.8 Å². The van der Waals surface area contributed by atoms with Crippen LogP contribution in [0, 0.1) is 17.8 Å². The van der Waals surface area contributed by atoms with Gasteiger partial charge >= 0.3 is 6.09 Å². The average Bonchev–Trinajstić information content (AvgIpc) is 3.17. The molecule has 6 nitrogen and oxygen atoms in total. The maximum absolute atomic E-state index is 12.5. The summed E-state index contributed by atoms with van der Waals surface area (Å²) in [4.78, 5) is 24.5. The van der Waals surface area contributed by atoms with Crippen LogP contribution in [0.3, 0.4) is 0 Å². The van der Waals surface area contributed by atoms with Gasteiger partial charge in [-0.1, -0.05) is 12.2 Å². The van der Waals surface area contributed by atoms with Gasteiger partial charge in [-0.25, -0.2) is 4.79 Å². The van der Waals surface area contributed by atoms with E-state index in [4.69, 9.17) is 9.47 Å². The monoisotopic (exact) mass is 358 g/mol. The van der Waals surface area contributed by atoms with Crippen LogP contribution in [-0.2, 0) is 9.53 Å². The van der Waals surface area contributed by atoms with E-state index in [0.29, 0.717) is 29.0 Å².